The maximum absolute atomic E-state index is 5.71. The molecule has 2 unspecified atom stereocenters. The van der Waals surface area contributed by atoms with Crippen LogP contribution in [0.2, 0.25) is 0 Å². The first-order chi connectivity index (χ1) is 8.38. The van der Waals surface area contributed by atoms with Crippen LogP contribution in [0.15, 0.2) is 31.0 Å². The molecule has 3 heterocycles. The van der Waals surface area contributed by atoms with Crippen LogP contribution in [-0.4, -0.2) is 46.7 Å². The van der Waals surface area contributed by atoms with Crippen molar-refractivity contribution in [3.05, 3.63) is 35.9 Å². The fourth-order valence-corrected chi connectivity index (χ4v) is 3.03. The van der Waals surface area contributed by atoms with Crippen LogP contribution < -0.4 is 0 Å². The molecule has 2 aliphatic rings. The molecule has 5 heteroatoms. The molecule has 0 saturated carbocycles. The van der Waals surface area contributed by atoms with Gasteiger partial charge in [0.25, 0.3) is 0 Å². The Kier molecular flexibility index (Phi) is 3.07. The largest absolute Gasteiger partial charge is 0.293 e. The average Bonchev–Trinajstić information content (AvgIpc) is 2.97. The first-order valence-corrected chi connectivity index (χ1v) is 6.50. The van der Waals surface area contributed by atoms with Crippen molar-refractivity contribution in [2.24, 2.45) is 0 Å². The smallest absolute Gasteiger partial charge is 0.0864 e. The van der Waals surface area contributed by atoms with E-state index in [-0.39, 0.29) is 0 Å². The van der Waals surface area contributed by atoms with Gasteiger partial charge in [0.2, 0.25) is 0 Å². The molecule has 1 saturated heterocycles. The molecule has 17 heavy (non-hydrogen) atoms. The van der Waals surface area contributed by atoms with Crippen molar-refractivity contribution in [1.82, 2.24) is 14.3 Å². The highest BCUT2D eigenvalue weighted by Gasteiger charge is 2.37. The van der Waals surface area contributed by atoms with E-state index in [0.717, 1.165) is 19.8 Å². The second kappa shape index (κ2) is 4.70. The molecule has 2 aliphatic heterocycles. The number of nitrogens with zero attached hydrogens (tertiary/aromatic N) is 3. The highest BCUT2D eigenvalue weighted by molar-refractivity contribution is 7.07. The van der Waals surface area contributed by atoms with Gasteiger partial charge in [0, 0.05) is 19.3 Å². The Balaban J connectivity index is 1.81. The van der Waals surface area contributed by atoms with Crippen LogP contribution in [0.25, 0.3) is 5.57 Å². The molecule has 90 valence electrons. The summed E-state index contributed by atoms with van der Waals surface area (Å²) in [7, 11) is 0. The average molecular weight is 249 g/mol. The summed E-state index contributed by atoms with van der Waals surface area (Å²) >= 11 is 1.55. The van der Waals surface area contributed by atoms with Crippen molar-refractivity contribution in [3.8, 4) is 0 Å². The highest BCUT2D eigenvalue weighted by atomic mass is 32.1. The van der Waals surface area contributed by atoms with E-state index in [1.54, 1.807) is 17.6 Å². The summed E-state index contributed by atoms with van der Waals surface area (Å²) in [5, 5.41) is 2.06. The van der Waals surface area contributed by atoms with Crippen LogP contribution in [0.4, 0.5) is 0 Å². The molecule has 2 atom stereocenters. The molecule has 1 aromatic rings. The molecular weight excluding hydrogens is 234 g/mol. The van der Waals surface area contributed by atoms with Gasteiger partial charge in [-0.05, 0) is 23.2 Å². The molecule has 0 N–H and O–H groups in total. The third-order valence-corrected chi connectivity index (χ3v) is 3.92. The lowest BCUT2D eigenvalue weighted by Gasteiger charge is -2.24. The summed E-state index contributed by atoms with van der Waals surface area (Å²) < 4.78 is 4.18. The van der Waals surface area contributed by atoms with Crippen LogP contribution in [0.5, 0.6) is 0 Å². The lowest BCUT2D eigenvalue weighted by atomic mass is 10.0. The fourth-order valence-electron chi connectivity index (χ4n) is 2.35. The Morgan fingerprint density at radius 3 is 3.35 bits per heavy atom. The Hall–Kier alpha value is -1.01. The van der Waals surface area contributed by atoms with Crippen LogP contribution in [0.3, 0.4) is 0 Å². The Bertz CT molecular complexity index is 429. The van der Waals surface area contributed by atoms with Gasteiger partial charge in [0.15, 0.2) is 0 Å². The summed E-state index contributed by atoms with van der Waals surface area (Å²) in [5.74, 6) is 0. The van der Waals surface area contributed by atoms with Gasteiger partial charge in [-0.15, -0.1) is 6.58 Å². The minimum absolute atomic E-state index is 0.337. The second-order valence-electron chi connectivity index (χ2n) is 4.23. The zero-order chi connectivity index (χ0) is 11.7. The van der Waals surface area contributed by atoms with E-state index in [1.807, 2.05) is 6.20 Å². The van der Waals surface area contributed by atoms with E-state index in [2.05, 4.69) is 33.1 Å². The molecule has 2 bridgehead atoms. The maximum atomic E-state index is 5.71. The Morgan fingerprint density at radius 2 is 2.59 bits per heavy atom. The summed E-state index contributed by atoms with van der Waals surface area (Å²) in [6.45, 7) is 7.17. The van der Waals surface area contributed by atoms with Crippen LogP contribution in [-0.2, 0) is 4.84 Å². The fraction of sp³-hybridized carbons (Fsp3) is 0.417. The van der Waals surface area contributed by atoms with Gasteiger partial charge in [-0.1, -0.05) is 12.2 Å². The number of aromatic nitrogens is 1. The quantitative estimate of drug-likeness (QED) is 0.758. The van der Waals surface area contributed by atoms with Gasteiger partial charge in [0.1, 0.15) is 0 Å². The van der Waals surface area contributed by atoms with Crippen molar-refractivity contribution < 1.29 is 4.84 Å². The van der Waals surface area contributed by atoms with Gasteiger partial charge in [-0.3, -0.25) is 9.74 Å². The van der Waals surface area contributed by atoms with Crippen molar-refractivity contribution in [2.45, 2.75) is 6.04 Å². The van der Waals surface area contributed by atoms with Crippen molar-refractivity contribution in [2.75, 3.05) is 26.4 Å². The van der Waals surface area contributed by atoms with Crippen molar-refractivity contribution >= 4 is 17.1 Å². The second-order valence-corrected chi connectivity index (χ2v) is 5.06. The summed E-state index contributed by atoms with van der Waals surface area (Å²) in [4.78, 5) is 9.34. The SMILES string of the molecule is C=CCON1CN2CC=C(c3ccns3)C1C2. The van der Waals surface area contributed by atoms with E-state index in [1.165, 1.54) is 10.5 Å². The lowest BCUT2D eigenvalue weighted by Crippen LogP contribution is -2.32. The molecule has 4 nitrogen and oxygen atoms in total. The van der Waals surface area contributed by atoms with Gasteiger partial charge < -0.3 is 0 Å². The standard InChI is InChI=1S/C12H15N3OS/c1-2-7-16-15-9-14-6-4-10(11(15)8-14)12-3-5-13-17-12/h2-5,11H,1,6-9H2. The van der Waals surface area contributed by atoms with Crippen molar-refractivity contribution in [3.63, 3.8) is 0 Å². The normalized spacial score (nSPS) is 28.1. The van der Waals surface area contributed by atoms with E-state index < -0.39 is 0 Å². The van der Waals surface area contributed by atoms with E-state index in [9.17, 15) is 0 Å². The van der Waals surface area contributed by atoms with E-state index >= 15 is 0 Å². The molecule has 1 fully saturated rings. The topological polar surface area (TPSA) is 28.6 Å². The molecular formula is C12H15N3OS. The molecule has 0 amide bonds. The van der Waals surface area contributed by atoms with E-state index in [4.69, 9.17) is 4.84 Å². The first kappa shape index (κ1) is 11.1. The minimum atomic E-state index is 0.337. The zero-order valence-electron chi connectivity index (χ0n) is 9.58. The van der Waals surface area contributed by atoms with Crippen LogP contribution in [0, 0.1) is 0 Å². The molecule has 3 rings (SSSR count). The number of rotatable bonds is 4. The van der Waals surface area contributed by atoms with Gasteiger partial charge in [-0.25, -0.2) is 4.37 Å². The van der Waals surface area contributed by atoms with Crippen molar-refractivity contribution in [1.29, 1.82) is 0 Å². The number of hydroxylamine groups is 2. The monoisotopic (exact) mass is 249 g/mol. The molecule has 0 aliphatic carbocycles. The number of fused-ring (bicyclic) bond motifs is 2. The first-order valence-electron chi connectivity index (χ1n) is 5.72. The molecule has 0 spiro atoms. The summed E-state index contributed by atoms with van der Waals surface area (Å²) in [6, 6.07) is 2.42. The van der Waals surface area contributed by atoms with Gasteiger partial charge >= 0.3 is 0 Å². The van der Waals surface area contributed by atoms with Crippen LogP contribution in [0.1, 0.15) is 4.88 Å². The van der Waals surface area contributed by atoms with Crippen LogP contribution >= 0.6 is 11.5 Å². The number of hydrogen-bond acceptors (Lipinski definition) is 5. The Morgan fingerprint density at radius 1 is 1.65 bits per heavy atom. The third kappa shape index (κ3) is 2.07. The highest BCUT2D eigenvalue weighted by Crippen LogP contribution is 2.32. The third-order valence-electron chi connectivity index (χ3n) is 3.13. The van der Waals surface area contributed by atoms with Gasteiger partial charge in [-0.2, -0.15) is 5.06 Å². The Labute approximate surface area is 105 Å². The predicted molar refractivity (Wildman–Crippen MR) is 68.3 cm³/mol. The summed E-state index contributed by atoms with van der Waals surface area (Å²) in [6.07, 6.45) is 5.93. The molecule has 0 aromatic carbocycles. The van der Waals surface area contributed by atoms with Gasteiger partial charge in [0.05, 0.1) is 24.2 Å². The number of hydrogen-bond donors (Lipinski definition) is 0. The minimum Gasteiger partial charge on any atom is -0.293 e. The summed E-state index contributed by atoms with van der Waals surface area (Å²) in [5.41, 5.74) is 1.35. The molecule has 1 aromatic heterocycles. The molecule has 0 radical (unpaired) electrons. The lowest BCUT2D eigenvalue weighted by molar-refractivity contribution is -0.151. The zero-order valence-corrected chi connectivity index (χ0v) is 10.4. The van der Waals surface area contributed by atoms with E-state index in [0.29, 0.717) is 12.6 Å². The predicted octanol–water partition coefficient (Wildman–Crippen LogP) is 1.60. The maximum Gasteiger partial charge on any atom is 0.0864 e.